The molecule has 4 rings (SSSR count). The first-order chi connectivity index (χ1) is 17.9. The molecule has 0 N–H and O–H groups in total. The molecule has 0 radical (unpaired) electrons. The lowest BCUT2D eigenvalue weighted by Crippen LogP contribution is -2.30. The van der Waals surface area contributed by atoms with E-state index >= 15 is 0 Å². The third kappa shape index (κ3) is 6.86. The number of sulfone groups is 1. The lowest BCUT2D eigenvalue weighted by molar-refractivity contribution is 0.0650. The summed E-state index contributed by atoms with van der Waals surface area (Å²) in [5, 5.41) is -0.226. The first kappa shape index (κ1) is 27.5. The number of hydrogen-bond acceptors (Lipinski definition) is 6. The number of hydrogen-bond donors (Lipinski definition) is 0. The molecule has 7 nitrogen and oxygen atoms in total. The van der Waals surface area contributed by atoms with Crippen LogP contribution in [0, 0.1) is 0 Å². The third-order valence-corrected chi connectivity index (χ3v) is 9.60. The van der Waals surface area contributed by atoms with Gasteiger partial charge in [-0.05, 0) is 62.6 Å². The van der Waals surface area contributed by atoms with E-state index in [1.165, 1.54) is 4.90 Å². The minimum Gasteiger partial charge on any atom is -0.380 e. The Morgan fingerprint density at radius 3 is 2.27 bits per heavy atom. The van der Waals surface area contributed by atoms with E-state index in [1.807, 2.05) is 25.2 Å². The second-order valence-corrected chi connectivity index (χ2v) is 12.4. The van der Waals surface area contributed by atoms with Crippen molar-refractivity contribution in [3.63, 3.8) is 0 Å². The molecular formula is C29H38N2O5S. The summed E-state index contributed by atoms with van der Waals surface area (Å²) in [6.07, 6.45) is 7.21. The second kappa shape index (κ2) is 12.8. The van der Waals surface area contributed by atoms with Crippen molar-refractivity contribution in [2.75, 3.05) is 33.4 Å². The lowest BCUT2D eigenvalue weighted by atomic mass is 10.1. The van der Waals surface area contributed by atoms with Crippen molar-refractivity contribution in [3.8, 4) is 0 Å². The van der Waals surface area contributed by atoms with Crippen LogP contribution in [0.25, 0.3) is 0 Å². The molecule has 0 saturated heterocycles. The van der Waals surface area contributed by atoms with Crippen molar-refractivity contribution in [2.24, 2.45) is 0 Å². The lowest BCUT2D eigenvalue weighted by Gasteiger charge is -2.18. The number of amides is 2. The van der Waals surface area contributed by atoms with Crippen LogP contribution >= 0.6 is 0 Å². The van der Waals surface area contributed by atoms with Gasteiger partial charge >= 0.3 is 0 Å². The molecule has 1 fully saturated rings. The van der Waals surface area contributed by atoms with Crippen molar-refractivity contribution in [3.05, 3.63) is 65.2 Å². The van der Waals surface area contributed by atoms with Crippen molar-refractivity contribution in [1.82, 2.24) is 9.80 Å². The predicted molar refractivity (Wildman–Crippen MR) is 143 cm³/mol. The van der Waals surface area contributed by atoms with Gasteiger partial charge in [0.05, 0.1) is 27.9 Å². The van der Waals surface area contributed by atoms with Crippen LogP contribution in [0.1, 0.15) is 77.6 Å². The van der Waals surface area contributed by atoms with Gasteiger partial charge in [-0.1, -0.05) is 49.9 Å². The van der Waals surface area contributed by atoms with E-state index in [-0.39, 0.29) is 17.1 Å². The van der Waals surface area contributed by atoms with Crippen molar-refractivity contribution in [1.29, 1.82) is 0 Å². The zero-order valence-corrected chi connectivity index (χ0v) is 22.5. The number of fused-ring (bicyclic) bond motifs is 1. The molecule has 1 aliphatic carbocycles. The van der Waals surface area contributed by atoms with Gasteiger partial charge in [0, 0.05) is 26.2 Å². The molecule has 0 aromatic heterocycles. The molecule has 2 aromatic rings. The average Bonchev–Trinajstić information content (AvgIpc) is 3.52. The maximum atomic E-state index is 12.9. The van der Waals surface area contributed by atoms with Crippen LogP contribution in [-0.2, 0) is 21.1 Å². The summed E-state index contributed by atoms with van der Waals surface area (Å²) < 4.78 is 31.6. The molecule has 0 atom stereocenters. The Labute approximate surface area is 220 Å². The van der Waals surface area contributed by atoms with E-state index in [0.29, 0.717) is 42.3 Å². The Morgan fingerprint density at radius 1 is 0.892 bits per heavy atom. The number of likely N-dealkylation sites (N-methyl/N-ethyl adjacent to an activating group) is 1. The highest BCUT2D eigenvalue weighted by Gasteiger charge is 2.34. The Morgan fingerprint density at radius 2 is 1.57 bits per heavy atom. The summed E-state index contributed by atoms with van der Waals surface area (Å²) in [4.78, 5) is 28.7. The summed E-state index contributed by atoms with van der Waals surface area (Å²) in [6, 6.07) is 14.4. The summed E-state index contributed by atoms with van der Waals surface area (Å²) in [7, 11) is -1.22. The largest absolute Gasteiger partial charge is 0.380 e. The van der Waals surface area contributed by atoms with Gasteiger partial charge in [-0.25, -0.2) is 8.42 Å². The Kier molecular flexibility index (Phi) is 9.51. The highest BCUT2D eigenvalue weighted by Crippen LogP contribution is 2.30. The topological polar surface area (TPSA) is 84.0 Å². The van der Waals surface area contributed by atoms with Crippen molar-refractivity contribution in [2.45, 2.75) is 68.1 Å². The summed E-state index contributed by atoms with van der Waals surface area (Å²) in [6.45, 7) is 3.19. The molecular weight excluding hydrogens is 488 g/mol. The maximum absolute atomic E-state index is 12.9. The second-order valence-electron chi connectivity index (χ2n) is 10.2. The number of benzene rings is 2. The van der Waals surface area contributed by atoms with Crippen LogP contribution in [-0.4, -0.2) is 68.6 Å². The standard InChI is InChI=1S/C29H38N2O5S/c1-30(22-23-11-10-14-25(21-23)37(34,35)24-12-4-5-13-24)18-20-36-19-9-3-2-8-17-31-28(32)26-15-6-7-16-27(26)29(31)33/h6-7,10-11,14-16,21,24H,2-5,8-9,12-13,17-20,22H2,1H3. The number of carbonyl (C=O) groups is 2. The Bertz CT molecular complexity index is 1160. The maximum Gasteiger partial charge on any atom is 0.261 e. The monoisotopic (exact) mass is 526 g/mol. The molecule has 2 aliphatic rings. The number of imide groups is 1. The molecule has 0 spiro atoms. The number of ether oxygens (including phenoxy) is 1. The number of carbonyl (C=O) groups excluding carboxylic acids is 2. The van der Waals surface area contributed by atoms with Gasteiger partial charge in [-0.3, -0.25) is 19.4 Å². The first-order valence-corrected chi connectivity index (χ1v) is 15.0. The Hall–Kier alpha value is -2.55. The fourth-order valence-corrected chi connectivity index (χ4v) is 7.12. The zero-order valence-electron chi connectivity index (χ0n) is 21.7. The van der Waals surface area contributed by atoms with E-state index in [1.54, 1.807) is 30.3 Å². The fraction of sp³-hybridized carbons (Fsp3) is 0.517. The number of unbranched alkanes of at least 4 members (excludes halogenated alkanes) is 3. The van der Waals surface area contributed by atoms with Crippen LogP contribution in [0.4, 0.5) is 0 Å². The first-order valence-electron chi connectivity index (χ1n) is 13.4. The van der Waals surface area contributed by atoms with E-state index < -0.39 is 9.84 Å². The summed E-state index contributed by atoms with van der Waals surface area (Å²) in [5.74, 6) is -0.370. The molecule has 0 bridgehead atoms. The molecule has 8 heteroatoms. The molecule has 37 heavy (non-hydrogen) atoms. The SMILES string of the molecule is CN(CCOCCCCCCN1C(=O)c2ccccc2C1=O)Cc1cccc(S(=O)(=O)C2CCCC2)c1. The number of nitrogens with zero attached hydrogens (tertiary/aromatic N) is 2. The van der Waals surface area contributed by atoms with Gasteiger partial charge < -0.3 is 4.74 Å². The van der Waals surface area contributed by atoms with Crippen LogP contribution < -0.4 is 0 Å². The van der Waals surface area contributed by atoms with Gasteiger partial charge in [-0.2, -0.15) is 0 Å². The zero-order chi connectivity index (χ0) is 26.3. The molecule has 200 valence electrons. The van der Waals surface area contributed by atoms with Gasteiger partial charge in [0.2, 0.25) is 0 Å². The van der Waals surface area contributed by atoms with Crippen LogP contribution in [0.3, 0.4) is 0 Å². The van der Waals surface area contributed by atoms with Crippen molar-refractivity contribution < 1.29 is 22.7 Å². The molecule has 0 unspecified atom stereocenters. The molecule has 1 heterocycles. The minimum atomic E-state index is -3.23. The summed E-state index contributed by atoms with van der Waals surface area (Å²) >= 11 is 0. The van der Waals surface area contributed by atoms with Gasteiger partial charge in [0.25, 0.3) is 11.8 Å². The molecule has 1 aliphatic heterocycles. The smallest absolute Gasteiger partial charge is 0.261 e. The van der Waals surface area contributed by atoms with Crippen LogP contribution in [0.15, 0.2) is 53.4 Å². The minimum absolute atomic E-state index is 0.185. The van der Waals surface area contributed by atoms with Crippen LogP contribution in [0.2, 0.25) is 0 Å². The molecule has 1 saturated carbocycles. The summed E-state index contributed by atoms with van der Waals surface area (Å²) in [5.41, 5.74) is 2.01. The van der Waals surface area contributed by atoms with E-state index in [4.69, 9.17) is 4.74 Å². The Balaban J connectivity index is 1.07. The highest BCUT2D eigenvalue weighted by molar-refractivity contribution is 7.92. The average molecular weight is 527 g/mol. The fourth-order valence-electron chi connectivity index (χ4n) is 5.19. The predicted octanol–water partition coefficient (Wildman–Crippen LogP) is 4.71. The highest BCUT2D eigenvalue weighted by atomic mass is 32.2. The van der Waals surface area contributed by atoms with Crippen molar-refractivity contribution >= 4 is 21.7 Å². The normalized spacial score (nSPS) is 16.2. The van der Waals surface area contributed by atoms with Crippen LogP contribution in [0.5, 0.6) is 0 Å². The van der Waals surface area contributed by atoms with E-state index in [9.17, 15) is 18.0 Å². The molecule has 2 aromatic carbocycles. The quantitative estimate of drug-likeness (QED) is 0.262. The van der Waals surface area contributed by atoms with Gasteiger partial charge in [0.15, 0.2) is 9.84 Å². The van der Waals surface area contributed by atoms with Gasteiger partial charge in [0.1, 0.15) is 0 Å². The number of rotatable bonds is 14. The van der Waals surface area contributed by atoms with Gasteiger partial charge in [-0.15, -0.1) is 0 Å². The van der Waals surface area contributed by atoms with E-state index in [0.717, 1.165) is 63.5 Å². The van der Waals surface area contributed by atoms with E-state index in [2.05, 4.69) is 4.90 Å². The third-order valence-electron chi connectivity index (χ3n) is 7.34. The molecule has 2 amide bonds.